The number of nitrogens with one attached hydrogen (secondary N) is 1. The molecule has 1 aliphatic heterocycles. The minimum absolute atomic E-state index is 0.0253. The average molecular weight is 276 g/mol. The summed E-state index contributed by atoms with van der Waals surface area (Å²) >= 11 is 0. The van der Waals surface area contributed by atoms with E-state index < -0.39 is 0 Å². The smallest absolute Gasteiger partial charge is 0.241 e. The van der Waals surface area contributed by atoms with Crippen molar-refractivity contribution < 1.29 is 9.90 Å². The van der Waals surface area contributed by atoms with Crippen LogP contribution in [0.4, 0.5) is 5.69 Å². The number of hydrogen-bond donors (Lipinski definition) is 2. The van der Waals surface area contributed by atoms with Gasteiger partial charge in [-0.2, -0.15) is 0 Å². The van der Waals surface area contributed by atoms with Crippen LogP contribution in [0.25, 0.3) is 0 Å². The summed E-state index contributed by atoms with van der Waals surface area (Å²) in [6, 6.07) is 5.78. The van der Waals surface area contributed by atoms with Crippen LogP contribution in [0, 0.1) is 19.8 Å². The third-order valence-corrected chi connectivity index (χ3v) is 4.37. The number of rotatable bonds is 4. The lowest BCUT2D eigenvalue weighted by Gasteiger charge is -2.24. The third-order valence-electron chi connectivity index (χ3n) is 4.37. The Labute approximate surface area is 120 Å². The van der Waals surface area contributed by atoms with Crippen molar-refractivity contribution >= 4 is 11.6 Å². The molecule has 4 heteroatoms. The van der Waals surface area contributed by atoms with Gasteiger partial charge in [0.25, 0.3) is 0 Å². The fourth-order valence-corrected chi connectivity index (χ4v) is 2.65. The van der Waals surface area contributed by atoms with E-state index in [1.54, 1.807) is 0 Å². The predicted molar refractivity (Wildman–Crippen MR) is 80.8 cm³/mol. The van der Waals surface area contributed by atoms with Gasteiger partial charge in [-0.05, 0) is 56.8 Å². The molecule has 4 nitrogen and oxygen atoms in total. The monoisotopic (exact) mass is 276 g/mol. The van der Waals surface area contributed by atoms with E-state index in [0.29, 0.717) is 5.92 Å². The third kappa shape index (κ3) is 3.19. The molecule has 2 rings (SSSR count). The molecule has 0 spiro atoms. The zero-order valence-electron chi connectivity index (χ0n) is 12.5. The molecule has 1 aliphatic rings. The van der Waals surface area contributed by atoms with Crippen molar-refractivity contribution in [3.8, 4) is 0 Å². The van der Waals surface area contributed by atoms with Crippen LogP contribution < -0.4 is 5.32 Å². The van der Waals surface area contributed by atoms with Gasteiger partial charge in [0, 0.05) is 18.8 Å². The van der Waals surface area contributed by atoms with Crippen molar-refractivity contribution in [1.82, 2.24) is 4.90 Å². The van der Waals surface area contributed by atoms with Crippen molar-refractivity contribution in [2.45, 2.75) is 33.2 Å². The van der Waals surface area contributed by atoms with Crippen LogP contribution in [0.3, 0.4) is 0 Å². The number of anilines is 1. The zero-order valence-corrected chi connectivity index (χ0v) is 12.5. The number of aryl methyl sites for hydroxylation is 1. The van der Waals surface area contributed by atoms with Crippen LogP contribution in [0.2, 0.25) is 0 Å². The molecular weight excluding hydrogens is 252 g/mol. The lowest BCUT2D eigenvalue weighted by Crippen LogP contribution is -2.41. The molecule has 0 saturated carbocycles. The summed E-state index contributed by atoms with van der Waals surface area (Å²) in [5.74, 6) is 0.336. The van der Waals surface area contributed by atoms with Gasteiger partial charge in [-0.3, -0.25) is 9.69 Å². The van der Waals surface area contributed by atoms with Crippen LogP contribution >= 0.6 is 0 Å². The molecular formula is C16H24N2O2. The summed E-state index contributed by atoms with van der Waals surface area (Å²) in [4.78, 5) is 14.5. The first kappa shape index (κ1) is 15.0. The Bertz CT molecular complexity index is 487. The Morgan fingerprint density at radius 3 is 2.90 bits per heavy atom. The van der Waals surface area contributed by atoms with Gasteiger partial charge in [-0.25, -0.2) is 0 Å². The van der Waals surface area contributed by atoms with Crippen molar-refractivity contribution in [1.29, 1.82) is 0 Å². The molecule has 20 heavy (non-hydrogen) atoms. The first-order chi connectivity index (χ1) is 9.52. The lowest BCUT2D eigenvalue weighted by molar-refractivity contribution is -0.120. The summed E-state index contributed by atoms with van der Waals surface area (Å²) in [6.07, 6.45) is 0.970. The molecule has 0 bridgehead atoms. The van der Waals surface area contributed by atoms with Gasteiger partial charge >= 0.3 is 0 Å². The SMILES string of the molecule is Cc1cccc(NC(=O)C(C)N2CCC(CO)C2)c1C. The molecule has 1 fully saturated rings. The van der Waals surface area contributed by atoms with E-state index in [0.717, 1.165) is 30.8 Å². The molecule has 2 unspecified atom stereocenters. The van der Waals surface area contributed by atoms with Gasteiger partial charge in [-0.1, -0.05) is 12.1 Å². The quantitative estimate of drug-likeness (QED) is 0.883. The molecule has 0 aliphatic carbocycles. The van der Waals surface area contributed by atoms with Gasteiger partial charge in [0.05, 0.1) is 6.04 Å². The fourth-order valence-electron chi connectivity index (χ4n) is 2.65. The second-order valence-corrected chi connectivity index (χ2v) is 5.74. The van der Waals surface area contributed by atoms with Crippen molar-refractivity contribution in [2.24, 2.45) is 5.92 Å². The Kier molecular flexibility index (Phi) is 4.78. The number of amides is 1. The summed E-state index contributed by atoms with van der Waals surface area (Å²) < 4.78 is 0. The Balaban J connectivity index is 1.99. The molecule has 1 heterocycles. The van der Waals surface area contributed by atoms with E-state index in [9.17, 15) is 9.90 Å². The first-order valence-electron chi connectivity index (χ1n) is 7.25. The summed E-state index contributed by atoms with van der Waals surface area (Å²) in [5.41, 5.74) is 3.18. The largest absolute Gasteiger partial charge is 0.396 e. The Morgan fingerprint density at radius 2 is 2.25 bits per heavy atom. The van der Waals surface area contributed by atoms with Crippen LogP contribution in [0.1, 0.15) is 24.5 Å². The van der Waals surface area contributed by atoms with Crippen molar-refractivity contribution in [3.63, 3.8) is 0 Å². The molecule has 1 aromatic rings. The van der Waals surface area contributed by atoms with Gasteiger partial charge < -0.3 is 10.4 Å². The van der Waals surface area contributed by atoms with Crippen molar-refractivity contribution in [3.05, 3.63) is 29.3 Å². The highest BCUT2D eigenvalue weighted by Gasteiger charge is 2.29. The van der Waals surface area contributed by atoms with E-state index in [-0.39, 0.29) is 18.6 Å². The maximum absolute atomic E-state index is 12.3. The summed E-state index contributed by atoms with van der Waals surface area (Å²) in [6.45, 7) is 7.89. The van der Waals surface area contributed by atoms with Crippen LogP contribution in [-0.4, -0.2) is 41.7 Å². The standard InChI is InChI=1S/C16H24N2O2/c1-11-5-4-6-15(12(11)2)17-16(20)13(3)18-8-7-14(9-18)10-19/h4-6,13-14,19H,7-10H2,1-3H3,(H,17,20). The number of hydrogen-bond acceptors (Lipinski definition) is 3. The summed E-state index contributed by atoms with van der Waals surface area (Å²) in [7, 11) is 0. The number of aliphatic hydroxyl groups is 1. The highest BCUT2D eigenvalue weighted by molar-refractivity contribution is 5.95. The molecule has 1 amide bonds. The summed E-state index contributed by atoms with van der Waals surface area (Å²) in [5, 5.41) is 12.2. The number of carbonyl (C=O) groups is 1. The van der Waals surface area contributed by atoms with Gasteiger partial charge in [0.2, 0.25) is 5.91 Å². The molecule has 0 radical (unpaired) electrons. The van der Waals surface area contributed by atoms with Gasteiger partial charge in [0.1, 0.15) is 0 Å². The van der Waals surface area contributed by atoms with Crippen LogP contribution in [-0.2, 0) is 4.79 Å². The lowest BCUT2D eigenvalue weighted by atomic mass is 10.1. The molecule has 0 aromatic heterocycles. The Hall–Kier alpha value is -1.39. The first-order valence-corrected chi connectivity index (χ1v) is 7.25. The van der Waals surface area contributed by atoms with Crippen molar-refractivity contribution in [2.75, 3.05) is 25.0 Å². The van der Waals surface area contributed by atoms with Gasteiger partial charge in [0.15, 0.2) is 0 Å². The van der Waals surface area contributed by atoms with E-state index in [1.807, 2.05) is 39.0 Å². The predicted octanol–water partition coefficient (Wildman–Crippen LogP) is 1.94. The minimum Gasteiger partial charge on any atom is -0.396 e. The number of likely N-dealkylation sites (tertiary alicyclic amines) is 1. The fraction of sp³-hybridized carbons (Fsp3) is 0.562. The highest BCUT2D eigenvalue weighted by Crippen LogP contribution is 2.21. The van der Waals surface area contributed by atoms with Crippen LogP contribution in [0.5, 0.6) is 0 Å². The number of benzene rings is 1. The maximum Gasteiger partial charge on any atom is 0.241 e. The minimum atomic E-state index is -0.161. The van der Waals surface area contributed by atoms with E-state index in [2.05, 4.69) is 10.2 Å². The number of nitrogens with zero attached hydrogens (tertiary/aromatic N) is 1. The molecule has 110 valence electrons. The maximum atomic E-state index is 12.3. The van der Waals surface area contributed by atoms with E-state index >= 15 is 0 Å². The number of carbonyl (C=O) groups excluding carboxylic acids is 1. The molecule has 2 atom stereocenters. The zero-order chi connectivity index (χ0) is 14.7. The average Bonchev–Trinajstić information content (AvgIpc) is 2.91. The van der Waals surface area contributed by atoms with Crippen LogP contribution in [0.15, 0.2) is 18.2 Å². The second-order valence-electron chi connectivity index (χ2n) is 5.74. The second kappa shape index (κ2) is 6.37. The molecule has 1 saturated heterocycles. The molecule has 1 aromatic carbocycles. The highest BCUT2D eigenvalue weighted by atomic mass is 16.3. The van der Waals surface area contributed by atoms with Gasteiger partial charge in [-0.15, -0.1) is 0 Å². The Morgan fingerprint density at radius 1 is 1.50 bits per heavy atom. The number of aliphatic hydroxyl groups excluding tert-OH is 1. The van der Waals surface area contributed by atoms with E-state index in [1.165, 1.54) is 5.56 Å². The molecule has 2 N–H and O–H groups in total. The topological polar surface area (TPSA) is 52.6 Å². The van der Waals surface area contributed by atoms with E-state index in [4.69, 9.17) is 0 Å². The normalized spacial score (nSPS) is 20.9.